The molecule has 1 aromatic carbocycles. The van der Waals surface area contributed by atoms with Crippen molar-refractivity contribution in [1.29, 1.82) is 0 Å². The molecule has 5 rings (SSSR count). The molecule has 1 aliphatic carbocycles. The fraction of sp³-hybridized carbons (Fsp3) is 0.407. The highest BCUT2D eigenvalue weighted by Crippen LogP contribution is 2.50. The number of alkyl halides is 3. The summed E-state index contributed by atoms with van der Waals surface area (Å²) in [7, 11) is 0. The van der Waals surface area contributed by atoms with E-state index < -0.39 is 23.2 Å². The molecule has 3 aliphatic rings. The van der Waals surface area contributed by atoms with Crippen LogP contribution in [0.4, 0.5) is 24.7 Å². The third kappa shape index (κ3) is 5.27. The van der Waals surface area contributed by atoms with E-state index in [-0.39, 0.29) is 23.4 Å². The van der Waals surface area contributed by atoms with Gasteiger partial charge in [-0.3, -0.25) is 9.79 Å². The van der Waals surface area contributed by atoms with E-state index in [2.05, 4.69) is 26.4 Å². The summed E-state index contributed by atoms with van der Waals surface area (Å²) < 4.78 is 40.0. The van der Waals surface area contributed by atoms with Gasteiger partial charge in [0, 0.05) is 36.1 Å². The summed E-state index contributed by atoms with van der Waals surface area (Å²) in [4.78, 5) is 28.9. The SMILES string of the molecule is C[C@@H](Nc1nc(Cl)nc2c1CN(C(=O)C1(C3=N/C=C\C=C/CC3)CC1)CC2)c1cc(N)cc(C(F)(F)F)c1. The number of fused-ring (bicyclic) bond motifs is 1. The fourth-order valence-electron chi connectivity index (χ4n) is 5.11. The lowest BCUT2D eigenvalue weighted by atomic mass is 9.92. The topological polar surface area (TPSA) is 96.5 Å². The van der Waals surface area contributed by atoms with E-state index in [9.17, 15) is 18.0 Å². The van der Waals surface area contributed by atoms with E-state index in [0.29, 0.717) is 35.6 Å². The molecule has 0 bridgehead atoms. The maximum atomic E-state index is 13.8. The predicted octanol–water partition coefficient (Wildman–Crippen LogP) is 5.87. The van der Waals surface area contributed by atoms with E-state index >= 15 is 0 Å². The van der Waals surface area contributed by atoms with Crippen LogP contribution in [0.25, 0.3) is 0 Å². The van der Waals surface area contributed by atoms with Crippen molar-refractivity contribution in [3.63, 3.8) is 0 Å². The Balaban J connectivity index is 1.39. The molecule has 200 valence electrons. The molecule has 1 fully saturated rings. The molecule has 1 saturated carbocycles. The molecule has 1 amide bonds. The molecule has 11 heteroatoms. The van der Waals surface area contributed by atoms with Gasteiger partial charge in [-0.2, -0.15) is 13.2 Å². The molecule has 0 unspecified atom stereocenters. The van der Waals surface area contributed by atoms with Crippen LogP contribution in [-0.4, -0.2) is 33.0 Å². The summed E-state index contributed by atoms with van der Waals surface area (Å²) in [6.45, 7) is 2.48. The molecule has 1 aromatic heterocycles. The average molecular weight is 545 g/mol. The molecule has 7 nitrogen and oxygen atoms in total. The number of hydrogen-bond donors (Lipinski definition) is 2. The first-order chi connectivity index (χ1) is 18.1. The highest BCUT2D eigenvalue weighted by atomic mass is 35.5. The Morgan fingerprint density at radius 2 is 1.97 bits per heavy atom. The van der Waals surface area contributed by atoms with Gasteiger partial charge >= 0.3 is 6.18 Å². The number of nitrogens with zero attached hydrogens (tertiary/aromatic N) is 4. The van der Waals surface area contributed by atoms with Crippen LogP contribution in [0.3, 0.4) is 0 Å². The molecule has 2 aliphatic heterocycles. The second kappa shape index (κ2) is 10.1. The van der Waals surface area contributed by atoms with E-state index in [1.165, 1.54) is 6.07 Å². The highest BCUT2D eigenvalue weighted by Gasteiger charge is 2.55. The van der Waals surface area contributed by atoms with Gasteiger partial charge in [0.15, 0.2) is 0 Å². The van der Waals surface area contributed by atoms with Gasteiger partial charge in [-0.25, -0.2) is 9.97 Å². The number of nitrogens with one attached hydrogen (secondary N) is 1. The maximum absolute atomic E-state index is 13.8. The van der Waals surface area contributed by atoms with Crippen LogP contribution in [0, 0.1) is 5.41 Å². The van der Waals surface area contributed by atoms with E-state index in [1.54, 1.807) is 13.1 Å². The summed E-state index contributed by atoms with van der Waals surface area (Å²) in [5.74, 6) is 0.432. The molecule has 3 heterocycles. The monoisotopic (exact) mass is 544 g/mol. The number of hydrogen-bond acceptors (Lipinski definition) is 6. The number of anilines is 2. The number of allylic oxidation sites excluding steroid dienone is 3. The minimum absolute atomic E-state index is 0.0141. The van der Waals surface area contributed by atoms with Crippen LogP contribution in [0.5, 0.6) is 0 Å². The Hall–Kier alpha value is -3.40. The molecule has 1 atom stereocenters. The van der Waals surface area contributed by atoms with Crippen molar-refractivity contribution in [2.75, 3.05) is 17.6 Å². The molecule has 2 aromatic rings. The lowest BCUT2D eigenvalue weighted by Gasteiger charge is -2.33. The number of nitrogens with two attached hydrogens (primary N) is 1. The van der Waals surface area contributed by atoms with Crippen LogP contribution in [0.15, 0.2) is 47.6 Å². The Morgan fingerprint density at radius 3 is 2.71 bits per heavy atom. The molecule has 3 N–H and O–H groups in total. The normalized spacial score (nSPS) is 20.9. The van der Waals surface area contributed by atoms with E-state index in [0.717, 1.165) is 43.5 Å². The van der Waals surface area contributed by atoms with E-state index in [4.69, 9.17) is 17.3 Å². The van der Waals surface area contributed by atoms with Gasteiger partial charge in [-0.1, -0.05) is 12.2 Å². The number of aliphatic imine (C=N–C) groups is 1. The minimum Gasteiger partial charge on any atom is -0.399 e. The second-order valence-corrected chi connectivity index (χ2v) is 10.3. The van der Waals surface area contributed by atoms with Crippen molar-refractivity contribution in [2.24, 2.45) is 10.4 Å². The third-order valence-electron chi connectivity index (χ3n) is 7.30. The third-order valence-corrected chi connectivity index (χ3v) is 7.47. The number of amides is 1. The summed E-state index contributed by atoms with van der Waals surface area (Å²) >= 11 is 6.19. The zero-order chi connectivity index (χ0) is 27.1. The number of nitrogen functional groups attached to an aromatic ring is 1. The van der Waals surface area contributed by atoms with Crippen LogP contribution < -0.4 is 11.1 Å². The van der Waals surface area contributed by atoms with Crippen LogP contribution in [0.1, 0.15) is 61.0 Å². The number of benzene rings is 1. The van der Waals surface area contributed by atoms with Crippen molar-refractivity contribution in [3.05, 3.63) is 70.3 Å². The highest BCUT2D eigenvalue weighted by molar-refractivity contribution is 6.28. The van der Waals surface area contributed by atoms with Crippen molar-refractivity contribution >= 4 is 34.7 Å². The zero-order valence-corrected chi connectivity index (χ0v) is 21.6. The molecular formula is C27H28ClF3N6O. The first-order valence-electron chi connectivity index (χ1n) is 12.5. The molecule has 38 heavy (non-hydrogen) atoms. The molecule has 0 radical (unpaired) electrons. The lowest BCUT2D eigenvalue weighted by Crippen LogP contribution is -2.44. The summed E-state index contributed by atoms with van der Waals surface area (Å²) in [6.07, 6.45) is 6.71. The second-order valence-electron chi connectivity index (χ2n) is 9.96. The maximum Gasteiger partial charge on any atom is 0.416 e. The largest absolute Gasteiger partial charge is 0.416 e. The van der Waals surface area contributed by atoms with Gasteiger partial charge in [-0.15, -0.1) is 0 Å². The Bertz CT molecular complexity index is 1350. The minimum atomic E-state index is -4.52. The smallest absolute Gasteiger partial charge is 0.399 e. The van der Waals surface area contributed by atoms with Gasteiger partial charge < -0.3 is 16.0 Å². The first-order valence-corrected chi connectivity index (χ1v) is 12.9. The van der Waals surface area contributed by atoms with Crippen molar-refractivity contribution in [1.82, 2.24) is 14.9 Å². The van der Waals surface area contributed by atoms with Crippen LogP contribution >= 0.6 is 11.6 Å². The van der Waals surface area contributed by atoms with Gasteiger partial charge in [0.25, 0.3) is 0 Å². The number of halogens is 4. The van der Waals surface area contributed by atoms with Crippen LogP contribution in [0.2, 0.25) is 5.28 Å². The molecule has 0 spiro atoms. The Morgan fingerprint density at radius 1 is 1.18 bits per heavy atom. The van der Waals surface area contributed by atoms with Crippen LogP contribution in [-0.2, 0) is 23.9 Å². The predicted molar refractivity (Wildman–Crippen MR) is 141 cm³/mol. The fourth-order valence-corrected chi connectivity index (χ4v) is 5.30. The first kappa shape index (κ1) is 26.2. The average Bonchev–Trinajstić information content (AvgIpc) is 3.64. The number of carbonyl (C=O) groups is 1. The number of rotatable bonds is 5. The quantitative estimate of drug-likeness (QED) is 0.362. The van der Waals surface area contributed by atoms with Crippen molar-refractivity contribution in [3.8, 4) is 0 Å². The van der Waals surface area contributed by atoms with Gasteiger partial charge in [0.05, 0.1) is 29.3 Å². The van der Waals surface area contributed by atoms with E-state index in [1.807, 2.05) is 17.1 Å². The van der Waals surface area contributed by atoms with Crippen molar-refractivity contribution in [2.45, 2.75) is 57.8 Å². The molecule has 0 saturated heterocycles. The summed E-state index contributed by atoms with van der Waals surface area (Å²) in [5, 5.41) is 3.22. The number of aromatic nitrogens is 2. The van der Waals surface area contributed by atoms with Gasteiger partial charge in [0.1, 0.15) is 5.82 Å². The molecular weight excluding hydrogens is 517 g/mol. The number of carbonyl (C=O) groups excluding carboxylic acids is 1. The van der Waals surface area contributed by atoms with Gasteiger partial charge in [-0.05, 0) is 74.0 Å². The zero-order valence-electron chi connectivity index (χ0n) is 20.9. The lowest BCUT2D eigenvalue weighted by molar-refractivity contribution is -0.137. The Kier molecular flexibility index (Phi) is 6.94. The van der Waals surface area contributed by atoms with Gasteiger partial charge in [0.2, 0.25) is 11.2 Å². The summed E-state index contributed by atoms with van der Waals surface area (Å²) in [6, 6.07) is 2.90. The Labute approximate surface area is 223 Å². The standard InChI is InChI=1S/C27H28ClF3N6O/c1-16(17-12-18(27(29,30)31)14-19(32)13-17)34-23-20-15-37(11-7-21(20)35-25(28)36-23)24(38)26(8-9-26)22-6-4-2-3-5-10-33-22/h2-3,5,10,12-14,16H,4,6-9,11,15,32H2,1H3,(H,34,35,36)/b3-2-,10-5-,33-22?/t16-/m1/s1. The van der Waals surface area contributed by atoms with Crippen molar-refractivity contribution < 1.29 is 18.0 Å². The summed E-state index contributed by atoms with van der Waals surface area (Å²) in [5.41, 5.74) is 7.07.